The zero-order chi connectivity index (χ0) is 12.5. The number of aromatic nitrogens is 1. The molecule has 1 aromatic heterocycles. The Morgan fingerprint density at radius 3 is 2.83 bits per heavy atom. The van der Waals surface area contributed by atoms with Crippen molar-refractivity contribution in [2.75, 3.05) is 17.2 Å². The molecule has 2 aromatic rings. The van der Waals surface area contributed by atoms with Crippen molar-refractivity contribution in [2.45, 2.75) is 6.10 Å². The van der Waals surface area contributed by atoms with Gasteiger partial charge in [-0.2, -0.15) is 11.8 Å². The first kappa shape index (κ1) is 11.7. The number of benzene rings is 1. The molecule has 3 rings (SSSR count). The van der Waals surface area contributed by atoms with Crippen LogP contribution in [-0.4, -0.2) is 22.8 Å². The number of anilines is 1. The van der Waals surface area contributed by atoms with Crippen LogP contribution < -0.4 is 10.5 Å². The van der Waals surface area contributed by atoms with Gasteiger partial charge in [-0.15, -0.1) is 0 Å². The highest BCUT2D eigenvalue weighted by Crippen LogP contribution is 2.34. The molecule has 2 heterocycles. The van der Waals surface area contributed by atoms with Gasteiger partial charge in [-0.3, -0.25) is 0 Å². The minimum Gasteiger partial charge on any atom is -0.487 e. The molecule has 2 N–H and O–H groups in total. The van der Waals surface area contributed by atoms with E-state index in [1.165, 1.54) is 0 Å². The maximum atomic E-state index is 6.20. The first-order valence-corrected chi connectivity index (χ1v) is 7.02. The summed E-state index contributed by atoms with van der Waals surface area (Å²) in [7, 11) is 0. The summed E-state index contributed by atoms with van der Waals surface area (Å²) in [5.41, 5.74) is 7.27. The van der Waals surface area contributed by atoms with E-state index in [1.807, 2.05) is 30.0 Å². The predicted molar refractivity (Wildman–Crippen MR) is 73.1 cm³/mol. The molecule has 0 radical (unpaired) electrons. The molecule has 4 nitrogen and oxygen atoms in total. The van der Waals surface area contributed by atoms with E-state index in [1.54, 1.807) is 6.20 Å². The second kappa shape index (κ2) is 4.74. The summed E-state index contributed by atoms with van der Waals surface area (Å²) in [4.78, 5) is 0. The summed E-state index contributed by atoms with van der Waals surface area (Å²) < 4.78 is 10.6. The monoisotopic (exact) mass is 282 g/mol. The number of nitrogen functional groups attached to an aromatic ring is 1. The molecule has 0 atom stereocenters. The van der Waals surface area contributed by atoms with Crippen LogP contribution in [0.15, 0.2) is 28.9 Å². The minimum atomic E-state index is 0.277. The van der Waals surface area contributed by atoms with Crippen molar-refractivity contribution in [2.24, 2.45) is 0 Å². The Kier molecular flexibility index (Phi) is 3.09. The summed E-state index contributed by atoms with van der Waals surface area (Å²) in [5, 5.41) is 4.22. The quantitative estimate of drug-likeness (QED) is 0.937. The Morgan fingerprint density at radius 2 is 2.28 bits per heavy atom. The van der Waals surface area contributed by atoms with Crippen molar-refractivity contribution in [3.63, 3.8) is 0 Å². The lowest BCUT2D eigenvalue weighted by molar-refractivity contribution is 0.240. The van der Waals surface area contributed by atoms with Gasteiger partial charge in [0.2, 0.25) is 5.88 Å². The topological polar surface area (TPSA) is 61.3 Å². The zero-order valence-corrected chi connectivity index (χ0v) is 11.0. The van der Waals surface area contributed by atoms with E-state index >= 15 is 0 Å². The third kappa shape index (κ3) is 2.15. The minimum absolute atomic E-state index is 0.277. The van der Waals surface area contributed by atoms with Gasteiger partial charge in [-0.25, -0.2) is 0 Å². The molecule has 1 saturated heterocycles. The molecule has 1 fully saturated rings. The van der Waals surface area contributed by atoms with Crippen molar-refractivity contribution < 1.29 is 9.26 Å². The van der Waals surface area contributed by atoms with Crippen LogP contribution in [0.2, 0.25) is 5.02 Å². The highest BCUT2D eigenvalue weighted by Gasteiger charge is 2.21. The Hall–Kier alpha value is -1.33. The van der Waals surface area contributed by atoms with Gasteiger partial charge < -0.3 is 15.0 Å². The summed E-state index contributed by atoms with van der Waals surface area (Å²) in [6, 6.07) is 5.56. The van der Waals surface area contributed by atoms with Gasteiger partial charge in [-0.1, -0.05) is 22.8 Å². The van der Waals surface area contributed by atoms with Gasteiger partial charge in [0.15, 0.2) is 0 Å². The van der Waals surface area contributed by atoms with Crippen molar-refractivity contribution in [1.29, 1.82) is 0 Å². The average molecular weight is 283 g/mol. The predicted octanol–water partition coefficient (Wildman–Crippen LogP) is 3.07. The highest BCUT2D eigenvalue weighted by atomic mass is 35.5. The van der Waals surface area contributed by atoms with Crippen molar-refractivity contribution >= 4 is 29.2 Å². The van der Waals surface area contributed by atoms with E-state index in [-0.39, 0.29) is 12.0 Å². The third-order valence-corrected chi connectivity index (χ3v) is 4.25. The molecule has 1 aromatic carbocycles. The smallest absolute Gasteiger partial charge is 0.229 e. The lowest BCUT2D eigenvalue weighted by Crippen LogP contribution is -2.31. The molecule has 1 aliphatic heterocycles. The fourth-order valence-electron chi connectivity index (χ4n) is 1.69. The van der Waals surface area contributed by atoms with E-state index in [4.69, 9.17) is 26.6 Å². The van der Waals surface area contributed by atoms with E-state index < -0.39 is 0 Å². The molecule has 0 amide bonds. The number of rotatable bonds is 3. The largest absolute Gasteiger partial charge is 0.487 e. The fourth-order valence-corrected chi connectivity index (χ4v) is 2.48. The number of halogens is 1. The van der Waals surface area contributed by atoms with E-state index in [9.17, 15) is 0 Å². The Labute approximate surface area is 113 Å². The molecule has 0 aliphatic carbocycles. The number of thioether (sulfide) groups is 1. The first-order valence-electron chi connectivity index (χ1n) is 5.48. The van der Waals surface area contributed by atoms with E-state index in [0.29, 0.717) is 10.8 Å². The molecular weight excluding hydrogens is 272 g/mol. The summed E-state index contributed by atoms with van der Waals surface area (Å²) >= 11 is 8.07. The highest BCUT2D eigenvalue weighted by molar-refractivity contribution is 8.00. The second-order valence-electron chi connectivity index (χ2n) is 4.03. The lowest BCUT2D eigenvalue weighted by atomic mass is 10.1. The van der Waals surface area contributed by atoms with E-state index in [0.717, 1.165) is 22.6 Å². The summed E-state index contributed by atoms with van der Waals surface area (Å²) in [6.45, 7) is 0. The van der Waals surface area contributed by atoms with Crippen LogP contribution >= 0.6 is 23.4 Å². The number of ether oxygens (including phenoxy) is 1. The first-order chi connectivity index (χ1) is 8.74. The van der Waals surface area contributed by atoms with E-state index in [2.05, 4.69) is 5.16 Å². The number of hydrogen-bond acceptors (Lipinski definition) is 5. The molecule has 1 aliphatic rings. The molecule has 18 heavy (non-hydrogen) atoms. The van der Waals surface area contributed by atoms with Crippen LogP contribution in [0.1, 0.15) is 0 Å². The second-order valence-corrected chi connectivity index (χ2v) is 5.51. The molecular formula is C12H11ClN2O2S. The van der Waals surface area contributed by atoms with Crippen LogP contribution in [0.5, 0.6) is 5.75 Å². The third-order valence-electron chi connectivity index (χ3n) is 2.74. The maximum Gasteiger partial charge on any atom is 0.229 e. The molecule has 94 valence electrons. The standard InChI is InChI=1S/C12H11ClN2O2S/c13-10-3-7(9-4-15-17-12(9)14)1-2-11(10)16-8-5-18-6-8/h1-4,8H,5-6,14H2. The van der Waals surface area contributed by atoms with Gasteiger partial charge in [0.25, 0.3) is 0 Å². The molecule has 6 heteroatoms. The van der Waals surface area contributed by atoms with Gasteiger partial charge in [0, 0.05) is 11.5 Å². The maximum absolute atomic E-state index is 6.20. The van der Waals surface area contributed by atoms with Crippen LogP contribution in [0.25, 0.3) is 11.1 Å². The Morgan fingerprint density at radius 1 is 1.44 bits per heavy atom. The number of nitrogens with zero attached hydrogens (tertiary/aromatic N) is 1. The van der Waals surface area contributed by atoms with Crippen molar-refractivity contribution in [3.05, 3.63) is 29.4 Å². The van der Waals surface area contributed by atoms with Gasteiger partial charge >= 0.3 is 0 Å². The molecule has 0 saturated carbocycles. The lowest BCUT2D eigenvalue weighted by Gasteiger charge is -2.26. The molecule has 0 spiro atoms. The molecule has 0 unspecified atom stereocenters. The zero-order valence-electron chi connectivity index (χ0n) is 9.43. The van der Waals surface area contributed by atoms with Crippen molar-refractivity contribution in [3.8, 4) is 16.9 Å². The Balaban J connectivity index is 1.86. The fraction of sp³-hybridized carbons (Fsp3) is 0.250. The normalized spacial score (nSPS) is 15.4. The SMILES string of the molecule is Nc1oncc1-c1ccc(OC2CSC2)c(Cl)c1. The van der Waals surface area contributed by atoms with Gasteiger partial charge in [0.1, 0.15) is 11.9 Å². The van der Waals surface area contributed by atoms with Crippen LogP contribution in [0, 0.1) is 0 Å². The Bertz CT molecular complexity index is 569. The van der Waals surface area contributed by atoms with Gasteiger partial charge in [-0.05, 0) is 17.7 Å². The van der Waals surface area contributed by atoms with Crippen LogP contribution in [0.4, 0.5) is 5.88 Å². The summed E-state index contributed by atoms with van der Waals surface area (Å²) in [5.74, 6) is 3.05. The summed E-state index contributed by atoms with van der Waals surface area (Å²) in [6.07, 6.45) is 1.85. The number of hydrogen-bond donors (Lipinski definition) is 1. The van der Waals surface area contributed by atoms with Crippen LogP contribution in [0.3, 0.4) is 0 Å². The van der Waals surface area contributed by atoms with Crippen LogP contribution in [-0.2, 0) is 0 Å². The molecule has 0 bridgehead atoms. The number of nitrogens with two attached hydrogens (primary N) is 1. The van der Waals surface area contributed by atoms with Crippen molar-refractivity contribution in [1.82, 2.24) is 5.16 Å². The average Bonchev–Trinajstić information content (AvgIpc) is 2.71. The van der Waals surface area contributed by atoms with Gasteiger partial charge in [0.05, 0.1) is 16.8 Å².